The van der Waals surface area contributed by atoms with Gasteiger partial charge in [0.25, 0.3) is 0 Å². The zero-order valence-corrected chi connectivity index (χ0v) is 25.0. The van der Waals surface area contributed by atoms with Crippen LogP contribution in [0.4, 0.5) is 0 Å². The maximum Gasteiger partial charge on any atom is 0.237 e. The van der Waals surface area contributed by atoms with E-state index in [2.05, 4.69) is 120 Å². The van der Waals surface area contributed by atoms with Crippen molar-refractivity contribution < 1.29 is 0 Å². The van der Waals surface area contributed by atoms with Crippen molar-refractivity contribution in [1.29, 1.82) is 0 Å². The minimum atomic E-state index is 0.549. The molecule has 0 bridgehead atoms. The lowest BCUT2D eigenvalue weighted by molar-refractivity contribution is 0.990. The van der Waals surface area contributed by atoms with E-state index < -0.39 is 0 Å². The molecule has 0 aliphatic heterocycles. The highest BCUT2D eigenvalue weighted by molar-refractivity contribution is 7.80. The lowest BCUT2D eigenvalue weighted by atomic mass is 9.94. The van der Waals surface area contributed by atoms with Crippen molar-refractivity contribution in [3.05, 3.63) is 133 Å². The molecule has 0 unspecified atom stereocenters. The van der Waals surface area contributed by atoms with E-state index in [4.69, 9.17) is 27.6 Å². The van der Waals surface area contributed by atoms with E-state index in [9.17, 15) is 0 Å². The third-order valence-electron chi connectivity index (χ3n) is 8.60. The Bertz CT molecular complexity index is 2650. The highest BCUT2D eigenvalue weighted by Gasteiger charge is 2.25. The average Bonchev–Trinajstić information content (AvgIpc) is 3.22. The van der Waals surface area contributed by atoms with Crippen LogP contribution in [0.1, 0.15) is 12.0 Å². The van der Waals surface area contributed by atoms with E-state index >= 15 is 0 Å². The first-order chi connectivity index (χ1) is 22.3. The number of para-hydroxylation sites is 1. The van der Waals surface area contributed by atoms with Gasteiger partial charge in [-0.05, 0) is 45.8 Å². The Morgan fingerprint density at radius 3 is 2.38 bits per heavy atom. The Labute approximate surface area is 264 Å². The van der Waals surface area contributed by atoms with E-state index in [1.165, 1.54) is 5.39 Å². The summed E-state index contributed by atoms with van der Waals surface area (Å²) in [5, 5.41) is 7.61. The second-order valence-electron chi connectivity index (χ2n) is 11.1. The first-order valence-electron chi connectivity index (χ1n) is 14.9. The molecule has 0 N–H and O–H groups in total. The van der Waals surface area contributed by atoms with Crippen molar-refractivity contribution >= 4 is 72.6 Å². The highest BCUT2D eigenvalue weighted by atomic mass is 32.1. The van der Waals surface area contributed by atoms with Crippen LogP contribution in [0, 0.1) is 11.8 Å². The normalized spacial score (nSPS) is 13.0. The van der Waals surface area contributed by atoms with E-state index in [0.717, 1.165) is 76.3 Å². The van der Waals surface area contributed by atoms with Gasteiger partial charge in [0.1, 0.15) is 5.65 Å². The van der Waals surface area contributed by atoms with Crippen molar-refractivity contribution in [2.24, 2.45) is 0 Å². The number of thiol groups is 1. The molecule has 0 saturated carbocycles. The smallest absolute Gasteiger partial charge is 0.237 e. The fraction of sp³-hybridized carbons (Fsp3) is 0.0250. The lowest BCUT2D eigenvalue weighted by Gasteiger charge is -2.16. The van der Waals surface area contributed by atoms with Crippen LogP contribution in [0.15, 0.2) is 132 Å². The van der Waals surface area contributed by atoms with E-state index in [1.807, 2.05) is 24.4 Å². The number of nitrogens with zero attached hydrogens (tertiary/aromatic N) is 4. The van der Waals surface area contributed by atoms with E-state index in [0.29, 0.717) is 12.4 Å². The van der Waals surface area contributed by atoms with Gasteiger partial charge in [-0.3, -0.25) is 4.57 Å². The number of fused-ring (bicyclic) bond motifs is 7. The van der Waals surface area contributed by atoms with Crippen LogP contribution in [0.2, 0.25) is 0 Å². The molecule has 0 amide bonds. The first-order valence-corrected chi connectivity index (χ1v) is 15.4. The largest absolute Gasteiger partial charge is 0.260 e. The molecule has 0 radical (unpaired) electrons. The predicted octanol–water partition coefficient (Wildman–Crippen LogP) is 9.73. The average molecular weight is 593 g/mol. The molecular weight excluding hydrogens is 569 g/mol. The van der Waals surface area contributed by atoms with Crippen LogP contribution in [-0.4, -0.2) is 19.5 Å². The number of rotatable bonds is 3. The number of pyridine rings is 1. The molecule has 5 aromatic carbocycles. The Morgan fingerprint density at radius 1 is 0.711 bits per heavy atom. The quantitative estimate of drug-likeness (QED) is 0.164. The Balaban J connectivity index is 1.46. The summed E-state index contributed by atoms with van der Waals surface area (Å²) in [4.78, 5) is 16.3. The summed E-state index contributed by atoms with van der Waals surface area (Å²) >= 11 is 5.30. The van der Waals surface area contributed by atoms with Gasteiger partial charge in [0, 0.05) is 50.4 Å². The SMILES string of the molecule is Sc1c(C2=CC=CCC#C2)c2ccccc2c2c3cccnc3n(-c3nc(-c4cccc5ccccc45)c4ccccc4n3)c12. The Kier molecular flexibility index (Phi) is 5.84. The van der Waals surface area contributed by atoms with Crippen LogP contribution in [0.25, 0.3) is 77.2 Å². The van der Waals surface area contributed by atoms with Gasteiger partial charge in [-0.1, -0.05) is 109 Å². The fourth-order valence-corrected chi connectivity index (χ4v) is 7.12. The second kappa shape index (κ2) is 10.2. The van der Waals surface area contributed by atoms with E-state index in [1.54, 1.807) is 0 Å². The molecule has 3 heterocycles. The Morgan fingerprint density at radius 2 is 1.47 bits per heavy atom. The maximum atomic E-state index is 5.37. The Hall–Kier alpha value is -5.70. The van der Waals surface area contributed by atoms with Gasteiger partial charge in [0.2, 0.25) is 5.95 Å². The highest BCUT2D eigenvalue weighted by Crippen LogP contribution is 2.44. The number of benzene rings is 5. The summed E-state index contributed by atoms with van der Waals surface area (Å²) < 4.78 is 2.09. The minimum absolute atomic E-state index is 0.549. The first kappa shape index (κ1) is 25.8. The van der Waals surface area contributed by atoms with Crippen LogP contribution >= 0.6 is 12.6 Å². The van der Waals surface area contributed by atoms with Gasteiger partial charge in [-0.2, -0.15) is 0 Å². The molecule has 0 fully saturated rings. The van der Waals surface area contributed by atoms with Gasteiger partial charge >= 0.3 is 0 Å². The molecule has 5 heteroatoms. The molecule has 0 saturated heterocycles. The van der Waals surface area contributed by atoms with Crippen molar-refractivity contribution in [2.75, 3.05) is 0 Å². The molecule has 0 spiro atoms. The zero-order valence-electron chi connectivity index (χ0n) is 24.1. The molecule has 45 heavy (non-hydrogen) atoms. The number of hydrogen-bond acceptors (Lipinski definition) is 4. The van der Waals surface area contributed by atoms with Crippen LogP contribution in [-0.2, 0) is 0 Å². The fourth-order valence-electron chi connectivity index (χ4n) is 6.67. The van der Waals surface area contributed by atoms with Gasteiger partial charge in [-0.15, -0.1) is 12.6 Å². The molecule has 4 nitrogen and oxygen atoms in total. The summed E-state index contributed by atoms with van der Waals surface area (Å²) in [7, 11) is 0. The standard InChI is InChI=1S/C40H24N4S/c45-38-34(26-14-3-1-2-4-15-26)28-18-7-8-19-29(28)35-32-22-12-24-41-39(32)44(37(35)38)40-42-33-23-10-9-20-31(33)36(43-40)30-21-11-16-25-13-5-6-17-27(25)30/h1,3,5-14,16-24,45H,2H2. The van der Waals surface area contributed by atoms with Crippen molar-refractivity contribution in [2.45, 2.75) is 11.3 Å². The predicted molar refractivity (Wildman–Crippen MR) is 189 cm³/mol. The van der Waals surface area contributed by atoms with Crippen molar-refractivity contribution in [3.8, 4) is 29.0 Å². The van der Waals surface area contributed by atoms with Crippen LogP contribution in [0.5, 0.6) is 0 Å². The minimum Gasteiger partial charge on any atom is -0.260 e. The monoisotopic (exact) mass is 592 g/mol. The number of allylic oxidation sites excluding steroid dienone is 4. The van der Waals surface area contributed by atoms with Crippen LogP contribution in [0.3, 0.4) is 0 Å². The molecule has 1 aliphatic carbocycles. The summed E-state index contributed by atoms with van der Waals surface area (Å²) in [6.07, 6.45) is 8.78. The summed E-state index contributed by atoms with van der Waals surface area (Å²) in [5.74, 6) is 7.24. The molecule has 8 aromatic rings. The van der Waals surface area contributed by atoms with Gasteiger partial charge < -0.3 is 0 Å². The van der Waals surface area contributed by atoms with Gasteiger partial charge in [0.15, 0.2) is 0 Å². The molecule has 3 aromatic heterocycles. The zero-order chi connectivity index (χ0) is 29.9. The molecular formula is C40H24N4S. The third-order valence-corrected chi connectivity index (χ3v) is 9.04. The van der Waals surface area contributed by atoms with Crippen molar-refractivity contribution in [3.63, 3.8) is 0 Å². The van der Waals surface area contributed by atoms with E-state index in [-0.39, 0.29) is 0 Å². The number of aromatic nitrogens is 4. The molecule has 9 rings (SSSR count). The number of hydrogen-bond donors (Lipinski definition) is 1. The summed E-state index contributed by atoms with van der Waals surface area (Å²) in [6.45, 7) is 0. The second-order valence-corrected chi connectivity index (χ2v) is 11.6. The third kappa shape index (κ3) is 3.93. The molecule has 1 aliphatic rings. The summed E-state index contributed by atoms with van der Waals surface area (Å²) in [5.41, 5.74) is 6.43. The van der Waals surface area contributed by atoms with Crippen molar-refractivity contribution in [1.82, 2.24) is 19.5 Å². The lowest BCUT2D eigenvalue weighted by Crippen LogP contribution is -2.05. The topological polar surface area (TPSA) is 43.6 Å². The van der Waals surface area contributed by atoms with Gasteiger partial charge in [0.05, 0.1) is 16.7 Å². The molecule has 210 valence electrons. The summed E-state index contributed by atoms with van der Waals surface area (Å²) in [6, 6.07) is 35.6. The molecule has 0 atom stereocenters. The van der Waals surface area contributed by atoms with Crippen LogP contribution < -0.4 is 0 Å². The van der Waals surface area contributed by atoms with Gasteiger partial charge in [-0.25, -0.2) is 15.0 Å². The maximum absolute atomic E-state index is 5.37.